The third-order valence-corrected chi connectivity index (χ3v) is 4.12. The topological polar surface area (TPSA) is 37.4 Å². The molecule has 1 aliphatic rings. The van der Waals surface area contributed by atoms with Gasteiger partial charge in [0.05, 0.1) is 6.26 Å². The van der Waals surface area contributed by atoms with E-state index in [1.165, 1.54) is 12.7 Å². The lowest BCUT2D eigenvalue weighted by molar-refractivity contribution is 0.339. The van der Waals surface area contributed by atoms with E-state index in [0.29, 0.717) is 18.4 Å². The molecule has 1 rings (SSSR count). The van der Waals surface area contributed by atoms with Crippen molar-refractivity contribution in [2.45, 2.75) is 33.2 Å². The van der Waals surface area contributed by atoms with Crippen molar-refractivity contribution < 1.29 is 8.42 Å². The zero-order chi connectivity index (χ0) is 10.2. The number of hydrogen-bond donors (Lipinski definition) is 0. The van der Waals surface area contributed by atoms with Gasteiger partial charge < -0.3 is 0 Å². The molecule has 13 heavy (non-hydrogen) atoms. The fraction of sp³-hybridized carbons (Fsp3) is 1.00. The normalized spacial score (nSPS) is 28.5. The molecule has 0 saturated heterocycles. The minimum Gasteiger partial charge on any atom is -0.212 e. The van der Waals surface area contributed by atoms with Crippen LogP contribution in [0.2, 0.25) is 0 Å². The Hall–Kier alpha value is -0.0900. The van der Waals surface area contributed by atoms with Gasteiger partial charge in [-0.15, -0.1) is 0 Å². The maximum absolute atomic E-state index is 11.4. The van der Waals surface area contributed by atoms with Crippen LogP contribution in [0.25, 0.3) is 0 Å². The standard InChI is InChI=1S/C9H19NO2S/c1-7(2)10(13(4,11)12)6-9-5-8(9)3/h7-9H,5-6H2,1-4H3. The second-order valence-electron chi connectivity index (χ2n) is 4.40. The lowest BCUT2D eigenvalue weighted by Gasteiger charge is -2.23. The van der Waals surface area contributed by atoms with E-state index in [-0.39, 0.29) is 6.04 Å². The Kier molecular flexibility index (Phi) is 3.02. The highest BCUT2D eigenvalue weighted by Crippen LogP contribution is 2.38. The van der Waals surface area contributed by atoms with E-state index < -0.39 is 10.0 Å². The Morgan fingerprint density at radius 1 is 1.46 bits per heavy atom. The minimum atomic E-state index is -3.01. The summed E-state index contributed by atoms with van der Waals surface area (Å²) in [6.45, 7) is 6.73. The molecule has 0 aromatic rings. The van der Waals surface area contributed by atoms with Gasteiger partial charge in [-0.1, -0.05) is 6.92 Å². The van der Waals surface area contributed by atoms with Crippen molar-refractivity contribution in [3.05, 3.63) is 0 Å². The lowest BCUT2D eigenvalue weighted by Crippen LogP contribution is -2.37. The summed E-state index contributed by atoms with van der Waals surface area (Å²) in [5.74, 6) is 1.31. The number of hydrogen-bond acceptors (Lipinski definition) is 2. The quantitative estimate of drug-likeness (QED) is 0.694. The molecule has 1 fully saturated rings. The van der Waals surface area contributed by atoms with E-state index >= 15 is 0 Å². The van der Waals surface area contributed by atoms with Crippen LogP contribution >= 0.6 is 0 Å². The molecule has 0 aliphatic heterocycles. The van der Waals surface area contributed by atoms with Crippen LogP contribution in [0.15, 0.2) is 0 Å². The molecule has 2 atom stereocenters. The van der Waals surface area contributed by atoms with Crippen LogP contribution in [0, 0.1) is 11.8 Å². The van der Waals surface area contributed by atoms with E-state index in [1.54, 1.807) is 4.31 Å². The molecule has 3 nitrogen and oxygen atoms in total. The van der Waals surface area contributed by atoms with Crippen molar-refractivity contribution in [1.29, 1.82) is 0 Å². The molecule has 4 heteroatoms. The monoisotopic (exact) mass is 205 g/mol. The van der Waals surface area contributed by atoms with Crippen molar-refractivity contribution >= 4 is 10.0 Å². The van der Waals surface area contributed by atoms with Crippen LogP contribution in [0.3, 0.4) is 0 Å². The fourth-order valence-corrected chi connectivity index (χ4v) is 2.84. The summed E-state index contributed by atoms with van der Waals surface area (Å²) in [7, 11) is -3.01. The zero-order valence-electron chi connectivity index (χ0n) is 8.82. The maximum atomic E-state index is 11.4. The number of rotatable bonds is 4. The fourth-order valence-electron chi connectivity index (χ4n) is 1.61. The van der Waals surface area contributed by atoms with Crippen LogP contribution in [0.5, 0.6) is 0 Å². The van der Waals surface area contributed by atoms with Crippen molar-refractivity contribution in [2.24, 2.45) is 11.8 Å². The van der Waals surface area contributed by atoms with E-state index in [9.17, 15) is 8.42 Å². The van der Waals surface area contributed by atoms with Crippen molar-refractivity contribution in [3.63, 3.8) is 0 Å². The molecule has 2 unspecified atom stereocenters. The average molecular weight is 205 g/mol. The largest absolute Gasteiger partial charge is 0.212 e. The van der Waals surface area contributed by atoms with Crippen LogP contribution in [-0.4, -0.2) is 31.6 Å². The summed E-state index contributed by atoms with van der Waals surface area (Å²) < 4.78 is 24.3. The first-order chi connectivity index (χ1) is 5.82. The second kappa shape index (κ2) is 3.58. The Morgan fingerprint density at radius 3 is 2.15 bits per heavy atom. The van der Waals surface area contributed by atoms with E-state index in [4.69, 9.17) is 0 Å². The first-order valence-corrected chi connectivity index (χ1v) is 6.64. The van der Waals surface area contributed by atoms with Gasteiger partial charge in [-0.25, -0.2) is 8.42 Å². The third-order valence-electron chi connectivity index (χ3n) is 2.69. The van der Waals surface area contributed by atoms with Crippen LogP contribution in [0.1, 0.15) is 27.2 Å². The third kappa shape index (κ3) is 2.95. The summed E-state index contributed by atoms with van der Waals surface area (Å²) in [5, 5.41) is 0. The summed E-state index contributed by atoms with van der Waals surface area (Å²) in [6.07, 6.45) is 2.47. The summed E-state index contributed by atoms with van der Waals surface area (Å²) in [6, 6.07) is 0.0859. The highest BCUT2D eigenvalue weighted by atomic mass is 32.2. The van der Waals surface area contributed by atoms with Gasteiger partial charge in [0.25, 0.3) is 0 Å². The van der Waals surface area contributed by atoms with Crippen LogP contribution in [-0.2, 0) is 10.0 Å². The first-order valence-electron chi connectivity index (χ1n) is 4.79. The molecule has 0 spiro atoms. The lowest BCUT2D eigenvalue weighted by atomic mass is 10.3. The van der Waals surface area contributed by atoms with Gasteiger partial charge in [-0.05, 0) is 32.1 Å². The minimum absolute atomic E-state index is 0.0859. The van der Waals surface area contributed by atoms with Gasteiger partial charge in [-0.2, -0.15) is 4.31 Å². The summed E-state index contributed by atoms with van der Waals surface area (Å²) in [4.78, 5) is 0. The zero-order valence-corrected chi connectivity index (χ0v) is 9.63. The second-order valence-corrected chi connectivity index (χ2v) is 6.33. The molecular formula is C9H19NO2S. The molecule has 1 saturated carbocycles. The van der Waals surface area contributed by atoms with Crippen molar-refractivity contribution in [1.82, 2.24) is 4.31 Å². The molecule has 0 amide bonds. The highest BCUT2D eigenvalue weighted by molar-refractivity contribution is 7.88. The molecule has 0 heterocycles. The van der Waals surface area contributed by atoms with Gasteiger partial charge in [0.1, 0.15) is 0 Å². The van der Waals surface area contributed by atoms with E-state index in [1.807, 2.05) is 13.8 Å². The molecule has 0 aromatic heterocycles. The van der Waals surface area contributed by atoms with Crippen molar-refractivity contribution in [3.8, 4) is 0 Å². The highest BCUT2D eigenvalue weighted by Gasteiger charge is 2.36. The summed E-state index contributed by atoms with van der Waals surface area (Å²) in [5.41, 5.74) is 0. The molecule has 0 radical (unpaired) electrons. The van der Waals surface area contributed by atoms with Crippen LogP contribution < -0.4 is 0 Å². The molecule has 78 valence electrons. The van der Waals surface area contributed by atoms with E-state index in [0.717, 1.165) is 0 Å². The number of nitrogens with zero attached hydrogens (tertiary/aromatic N) is 1. The molecule has 0 N–H and O–H groups in total. The predicted octanol–water partition coefficient (Wildman–Crippen LogP) is 1.31. The Balaban J connectivity index is 2.59. The summed E-state index contributed by atoms with van der Waals surface area (Å²) >= 11 is 0. The van der Waals surface area contributed by atoms with Gasteiger partial charge in [0, 0.05) is 12.6 Å². The smallest absolute Gasteiger partial charge is 0.211 e. The van der Waals surface area contributed by atoms with Gasteiger partial charge >= 0.3 is 0 Å². The van der Waals surface area contributed by atoms with Gasteiger partial charge in [0.2, 0.25) is 10.0 Å². The predicted molar refractivity (Wildman–Crippen MR) is 54.0 cm³/mol. The Morgan fingerprint density at radius 2 is 1.92 bits per heavy atom. The Bertz CT molecular complexity index is 271. The maximum Gasteiger partial charge on any atom is 0.211 e. The van der Waals surface area contributed by atoms with Crippen molar-refractivity contribution in [2.75, 3.05) is 12.8 Å². The van der Waals surface area contributed by atoms with Gasteiger partial charge in [-0.3, -0.25) is 0 Å². The molecule has 0 aromatic carbocycles. The van der Waals surface area contributed by atoms with Crippen LogP contribution in [0.4, 0.5) is 0 Å². The number of sulfonamides is 1. The van der Waals surface area contributed by atoms with Gasteiger partial charge in [0.15, 0.2) is 0 Å². The average Bonchev–Trinajstić information content (AvgIpc) is 2.58. The molecular weight excluding hydrogens is 186 g/mol. The molecule has 1 aliphatic carbocycles. The molecule has 0 bridgehead atoms. The Labute approximate surface area is 81.2 Å². The first kappa shape index (κ1) is 11.0. The SMILES string of the molecule is CC1CC1CN(C(C)C)S(C)(=O)=O. The van der Waals surface area contributed by atoms with E-state index in [2.05, 4.69) is 6.92 Å².